The third-order valence-electron chi connectivity index (χ3n) is 2.54. The van der Waals surface area contributed by atoms with Crippen LogP contribution in [0.2, 0.25) is 0 Å². The first-order valence-corrected chi connectivity index (χ1v) is 5.52. The van der Waals surface area contributed by atoms with Crippen molar-refractivity contribution >= 4 is 11.7 Å². The SMILES string of the molecule is COC(=O)CN(c1ccc(F)cc1C#N)C(C)C. The summed E-state index contributed by atoms with van der Waals surface area (Å²) in [7, 11) is 1.30. The summed E-state index contributed by atoms with van der Waals surface area (Å²) in [5.74, 6) is -0.881. The van der Waals surface area contributed by atoms with Crippen LogP contribution in [0.15, 0.2) is 18.2 Å². The van der Waals surface area contributed by atoms with E-state index in [-0.39, 0.29) is 18.2 Å². The molecule has 0 heterocycles. The predicted molar refractivity (Wildman–Crippen MR) is 65.6 cm³/mol. The largest absolute Gasteiger partial charge is 0.468 e. The predicted octanol–water partition coefficient (Wildman–Crippen LogP) is 2.09. The first-order chi connectivity index (χ1) is 8.49. The molecule has 0 aliphatic carbocycles. The Kier molecular flexibility index (Phi) is 4.67. The zero-order valence-corrected chi connectivity index (χ0v) is 10.6. The zero-order chi connectivity index (χ0) is 13.7. The van der Waals surface area contributed by atoms with Gasteiger partial charge in [-0.3, -0.25) is 4.79 Å². The van der Waals surface area contributed by atoms with E-state index in [1.54, 1.807) is 4.90 Å². The first kappa shape index (κ1) is 14.0. The Morgan fingerprint density at radius 3 is 2.72 bits per heavy atom. The highest BCUT2D eigenvalue weighted by molar-refractivity contribution is 5.77. The molecule has 5 heteroatoms. The Bertz CT molecular complexity index is 480. The molecule has 1 aromatic carbocycles. The molecule has 1 aromatic rings. The molecule has 0 aliphatic heterocycles. The van der Waals surface area contributed by atoms with E-state index in [1.165, 1.54) is 19.2 Å². The number of hydrogen-bond acceptors (Lipinski definition) is 4. The van der Waals surface area contributed by atoms with E-state index < -0.39 is 11.8 Å². The van der Waals surface area contributed by atoms with Crippen molar-refractivity contribution in [2.24, 2.45) is 0 Å². The van der Waals surface area contributed by atoms with Crippen molar-refractivity contribution in [3.05, 3.63) is 29.6 Å². The molecule has 0 amide bonds. The molecule has 0 unspecified atom stereocenters. The van der Waals surface area contributed by atoms with Gasteiger partial charge in [0, 0.05) is 6.04 Å². The van der Waals surface area contributed by atoms with Gasteiger partial charge in [-0.15, -0.1) is 0 Å². The van der Waals surface area contributed by atoms with Crippen LogP contribution in [0.1, 0.15) is 19.4 Å². The number of carbonyl (C=O) groups excluding carboxylic acids is 1. The fourth-order valence-electron chi connectivity index (χ4n) is 1.60. The van der Waals surface area contributed by atoms with Gasteiger partial charge in [0.25, 0.3) is 0 Å². The molecule has 0 N–H and O–H groups in total. The van der Waals surface area contributed by atoms with E-state index in [4.69, 9.17) is 5.26 Å². The molecular formula is C13H15FN2O2. The minimum atomic E-state index is -0.475. The van der Waals surface area contributed by atoms with Gasteiger partial charge in [0.15, 0.2) is 0 Å². The van der Waals surface area contributed by atoms with Crippen LogP contribution in [-0.2, 0) is 9.53 Å². The highest BCUT2D eigenvalue weighted by Gasteiger charge is 2.18. The smallest absolute Gasteiger partial charge is 0.325 e. The molecule has 0 radical (unpaired) electrons. The van der Waals surface area contributed by atoms with Crippen molar-refractivity contribution in [3.8, 4) is 6.07 Å². The standard InChI is InChI=1S/C13H15FN2O2/c1-9(2)16(8-13(17)18-3)12-5-4-11(14)6-10(12)7-15/h4-6,9H,8H2,1-3H3. The third-order valence-corrected chi connectivity index (χ3v) is 2.54. The molecular weight excluding hydrogens is 235 g/mol. The number of methoxy groups -OCH3 is 1. The van der Waals surface area contributed by atoms with E-state index in [9.17, 15) is 9.18 Å². The van der Waals surface area contributed by atoms with E-state index in [1.807, 2.05) is 19.9 Å². The average molecular weight is 250 g/mol. The second-order valence-corrected chi connectivity index (χ2v) is 4.07. The molecule has 0 aliphatic rings. The van der Waals surface area contributed by atoms with Crippen LogP contribution < -0.4 is 4.90 Å². The van der Waals surface area contributed by atoms with Gasteiger partial charge in [0.2, 0.25) is 0 Å². The van der Waals surface area contributed by atoms with Crippen LogP contribution in [0.5, 0.6) is 0 Å². The summed E-state index contributed by atoms with van der Waals surface area (Å²) in [4.78, 5) is 13.0. The van der Waals surface area contributed by atoms with Crippen molar-refractivity contribution in [1.82, 2.24) is 0 Å². The maximum Gasteiger partial charge on any atom is 0.325 e. The van der Waals surface area contributed by atoms with Crippen LogP contribution in [0, 0.1) is 17.1 Å². The second-order valence-electron chi connectivity index (χ2n) is 4.07. The number of halogens is 1. The number of rotatable bonds is 4. The van der Waals surface area contributed by atoms with E-state index >= 15 is 0 Å². The highest BCUT2D eigenvalue weighted by Crippen LogP contribution is 2.23. The number of esters is 1. The van der Waals surface area contributed by atoms with Crippen molar-refractivity contribution in [1.29, 1.82) is 5.26 Å². The van der Waals surface area contributed by atoms with Crippen LogP contribution in [0.3, 0.4) is 0 Å². The van der Waals surface area contributed by atoms with Crippen LogP contribution in [0.25, 0.3) is 0 Å². The number of nitriles is 1. The van der Waals surface area contributed by atoms with Gasteiger partial charge in [0.05, 0.1) is 18.4 Å². The summed E-state index contributed by atoms with van der Waals surface area (Å²) in [5.41, 5.74) is 0.729. The summed E-state index contributed by atoms with van der Waals surface area (Å²) in [6, 6.07) is 5.84. The van der Waals surface area contributed by atoms with Crippen molar-refractivity contribution in [2.75, 3.05) is 18.6 Å². The lowest BCUT2D eigenvalue weighted by molar-refractivity contribution is -0.139. The number of nitrogens with zero attached hydrogens (tertiary/aromatic N) is 2. The normalized spacial score (nSPS) is 10.0. The molecule has 0 atom stereocenters. The average Bonchev–Trinajstić information content (AvgIpc) is 2.35. The van der Waals surface area contributed by atoms with Crippen molar-refractivity contribution in [2.45, 2.75) is 19.9 Å². The Balaban J connectivity index is 3.14. The maximum absolute atomic E-state index is 13.1. The van der Waals surface area contributed by atoms with Crippen molar-refractivity contribution < 1.29 is 13.9 Å². The molecule has 0 bridgehead atoms. The van der Waals surface area contributed by atoms with Gasteiger partial charge in [-0.2, -0.15) is 5.26 Å². The van der Waals surface area contributed by atoms with E-state index in [2.05, 4.69) is 4.74 Å². The zero-order valence-electron chi connectivity index (χ0n) is 10.6. The van der Waals surface area contributed by atoms with Crippen LogP contribution in [-0.4, -0.2) is 25.7 Å². The van der Waals surface area contributed by atoms with Gasteiger partial charge < -0.3 is 9.64 Å². The molecule has 18 heavy (non-hydrogen) atoms. The molecule has 0 spiro atoms. The monoisotopic (exact) mass is 250 g/mol. The number of benzene rings is 1. The fraction of sp³-hybridized carbons (Fsp3) is 0.385. The van der Waals surface area contributed by atoms with Crippen molar-refractivity contribution in [3.63, 3.8) is 0 Å². The lowest BCUT2D eigenvalue weighted by Crippen LogP contribution is -2.36. The Morgan fingerprint density at radius 2 is 2.22 bits per heavy atom. The maximum atomic E-state index is 13.1. The summed E-state index contributed by atoms with van der Waals surface area (Å²) in [6.45, 7) is 3.79. The Morgan fingerprint density at radius 1 is 1.56 bits per heavy atom. The molecule has 0 saturated carbocycles. The lowest BCUT2D eigenvalue weighted by atomic mass is 10.1. The molecule has 4 nitrogen and oxygen atoms in total. The highest BCUT2D eigenvalue weighted by atomic mass is 19.1. The number of anilines is 1. The minimum Gasteiger partial charge on any atom is -0.468 e. The van der Waals surface area contributed by atoms with Gasteiger partial charge in [-0.25, -0.2) is 4.39 Å². The second kappa shape index (κ2) is 6.01. The summed E-state index contributed by atoms with van der Waals surface area (Å²) in [6.07, 6.45) is 0. The number of carbonyl (C=O) groups is 1. The quantitative estimate of drug-likeness (QED) is 0.768. The fourth-order valence-corrected chi connectivity index (χ4v) is 1.60. The molecule has 0 aromatic heterocycles. The first-order valence-electron chi connectivity index (χ1n) is 5.52. The van der Waals surface area contributed by atoms with Gasteiger partial charge >= 0.3 is 5.97 Å². The number of ether oxygens (including phenoxy) is 1. The topological polar surface area (TPSA) is 53.3 Å². The summed E-state index contributed by atoms with van der Waals surface area (Å²) >= 11 is 0. The Hall–Kier alpha value is -2.09. The van der Waals surface area contributed by atoms with Crippen LogP contribution in [0.4, 0.5) is 10.1 Å². The van der Waals surface area contributed by atoms with Gasteiger partial charge in [-0.1, -0.05) is 0 Å². The minimum absolute atomic E-state index is 0.0124. The molecule has 0 saturated heterocycles. The van der Waals surface area contributed by atoms with Gasteiger partial charge in [0.1, 0.15) is 18.4 Å². The lowest BCUT2D eigenvalue weighted by Gasteiger charge is -2.28. The molecule has 96 valence electrons. The third kappa shape index (κ3) is 3.20. The summed E-state index contributed by atoms with van der Waals surface area (Å²) < 4.78 is 17.7. The van der Waals surface area contributed by atoms with E-state index in [0.717, 1.165) is 6.07 Å². The Labute approximate surface area is 106 Å². The van der Waals surface area contributed by atoms with Crippen LogP contribution >= 0.6 is 0 Å². The summed E-state index contributed by atoms with van der Waals surface area (Å²) in [5, 5.41) is 9.01. The van der Waals surface area contributed by atoms with E-state index in [0.29, 0.717) is 5.69 Å². The molecule has 0 fully saturated rings. The number of hydrogen-bond donors (Lipinski definition) is 0. The molecule has 1 rings (SSSR count). The van der Waals surface area contributed by atoms with Gasteiger partial charge in [-0.05, 0) is 32.0 Å².